The third kappa shape index (κ3) is 5.53. The van der Waals surface area contributed by atoms with Gasteiger partial charge in [0.25, 0.3) is 0 Å². The summed E-state index contributed by atoms with van der Waals surface area (Å²) in [5.41, 5.74) is 18.3. The molecular formula is C28H20F10N4O. The lowest BCUT2D eigenvalue weighted by Crippen LogP contribution is -2.33. The summed E-state index contributed by atoms with van der Waals surface area (Å²) in [7, 11) is 0. The molecule has 0 aliphatic carbocycles. The first kappa shape index (κ1) is 31.1. The second-order valence-corrected chi connectivity index (χ2v) is 9.30. The predicted molar refractivity (Wildman–Crippen MR) is 141 cm³/mol. The van der Waals surface area contributed by atoms with Crippen molar-refractivity contribution in [1.82, 2.24) is 0 Å². The van der Waals surface area contributed by atoms with Gasteiger partial charge in [0.15, 0.2) is 0 Å². The topological polar surface area (TPSA) is 113 Å². The molecule has 228 valence electrons. The SMILES string of the molecule is Nc1cc(C(F)(F)C(F)(F)F)cc(N)c1-c1ccccc1Oc1ccccc1-c1c(N)cc(C(F)(F)C(F)(F)F)cc1N. The van der Waals surface area contributed by atoms with Crippen LogP contribution in [-0.4, -0.2) is 12.4 Å². The van der Waals surface area contributed by atoms with E-state index < -0.39 is 58.1 Å². The van der Waals surface area contributed by atoms with E-state index in [-0.39, 0.29) is 33.8 Å². The van der Waals surface area contributed by atoms with Crippen molar-refractivity contribution < 1.29 is 48.6 Å². The molecule has 0 spiro atoms. The van der Waals surface area contributed by atoms with Gasteiger partial charge in [-0.05, 0) is 36.4 Å². The number of ether oxygens (including phenoxy) is 1. The molecule has 4 rings (SSSR count). The molecule has 43 heavy (non-hydrogen) atoms. The first-order chi connectivity index (χ1) is 19.8. The Hall–Kier alpha value is -4.82. The fraction of sp³-hybridized carbons (Fsp3) is 0.143. The van der Waals surface area contributed by atoms with E-state index in [0.29, 0.717) is 24.3 Å². The summed E-state index contributed by atoms with van der Waals surface area (Å²) in [5.74, 6) is -10.6. The van der Waals surface area contributed by atoms with E-state index in [0.717, 1.165) is 0 Å². The average Bonchev–Trinajstić information content (AvgIpc) is 2.88. The van der Waals surface area contributed by atoms with Crippen LogP contribution < -0.4 is 27.7 Å². The highest BCUT2D eigenvalue weighted by atomic mass is 19.4. The van der Waals surface area contributed by atoms with Crippen LogP contribution in [0.1, 0.15) is 11.1 Å². The van der Waals surface area contributed by atoms with Crippen LogP contribution in [0.5, 0.6) is 11.5 Å². The molecule has 0 aromatic heterocycles. The first-order valence-electron chi connectivity index (χ1n) is 11.9. The second-order valence-electron chi connectivity index (χ2n) is 9.30. The van der Waals surface area contributed by atoms with Gasteiger partial charge in [0, 0.05) is 56.1 Å². The summed E-state index contributed by atoms with van der Waals surface area (Å²) in [6, 6.07) is 13.2. The van der Waals surface area contributed by atoms with Gasteiger partial charge in [0.1, 0.15) is 11.5 Å². The van der Waals surface area contributed by atoms with E-state index in [1.165, 1.54) is 48.5 Å². The first-order valence-corrected chi connectivity index (χ1v) is 11.9. The predicted octanol–water partition coefficient (Wildman–Crippen LogP) is 8.45. The lowest BCUT2D eigenvalue weighted by molar-refractivity contribution is -0.289. The van der Waals surface area contributed by atoms with Crippen molar-refractivity contribution in [2.24, 2.45) is 0 Å². The molecule has 0 saturated heterocycles. The molecule has 0 amide bonds. The Morgan fingerprint density at radius 1 is 0.442 bits per heavy atom. The summed E-state index contributed by atoms with van der Waals surface area (Å²) in [5, 5.41) is 0. The van der Waals surface area contributed by atoms with Crippen LogP contribution in [0.3, 0.4) is 0 Å². The molecule has 0 atom stereocenters. The minimum atomic E-state index is -5.91. The second kappa shape index (κ2) is 10.5. The monoisotopic (exact) mass is 618 g/mol. The molecule has 5 nitrogen and oxygen atoms in total. The molecule has 0 radical (unpaired) electrons. The lowest BCUT2D eigenvalue weighted by atomic mass is 9.95. The van der Waals surface area contributed by atoms with E-state index in [1.807, 2.05) is 0 Å². The van der Waals surface area contributed by atoms with Crippen LogP contribution in [0.25, 0.3) is 22.3 Å². The number of hydrogen-bond donors (Lipinski definition) is 4. The number of nitrogens with two attached hydrogens (primary N) is 4. The van der Waals surface area contributed by atoms with Crippen LogP contribution in [-0.2, 0) is 11.8 Å². The summed E-state index contributed by atoms with van der Waals surface area (Å²) >= 11 is 0. The van der Waals surface area contributed by atoms with Crippen LogP contribution in [0.15, 0.2) is 72.8 Å². The summed E-state index contributed by atoms with van der Waals surface area (Å²) < 4.78 is 139. The number of anilines is 4. The molecule has 15 heteroatoms. The van der Waals surface area contributed by atoms with E-state index in [1.54, 1.807) is 0 Å². The van der Waals surface area contributed by atoms with Gasteiger partial charge in [-0.15, -0.1) is 0 Å². The number of alkyl halides is 10. The normalized spacial score (nSPS) is 12.8. The zero-order valence-electron chi connectivity index (χ0n) is 21.4. The highest BCUT2D eigenvalue weighted by Gasteiger charge is 2.59. The van der Waals surface area contributed by atoms with Crippen LogP contribution in [0, 0.1) is 0 Å². The summed E-state index contributed by atoms with van der Waals surface area (Å²) in [6.07, 6.45) is -11.8. The number of halogens is 10. The zero-order chi connectivity index (χ0) is 32.1. The summed E-state index contributed by atoms with van der Waals surface area (Å²) in [4.78, 5) is 0. The van der Waals surface area contributed by atoms with Crippen LogP contribution in [0.2, 0.25) is 0 Å². The number of nitrogen functional groups attached to an aromatic ring is 4. The number of rotatable bonds is 6. The molecule has 4 aromatic rings. The van der Waals surface area contributed by atoms with Crippen molar-refractivity contribution in [2.75, 3.05) is 22.9 Å². The van der Waals surface area contributed by atoms with Crippen molar-refractivity contribution in [2.45, 2.75) is 24.2 Å². The molecule has 0 aliphatic rings. The maximum Gasteiger partial charge on any atom is 0.458 e. The average molecular weight is 618 g/mol. The molecular weight excluding hydrogens is 598 g/mol. The van der Waals surface area contributed by atoms with Crippen molar-refractivity contribution in [3.8, 4) is 33.8 Å². The third-order valence-electron chi connectivity index (χ3n) is 6.37. The largest absolute Gasteiger partial charge is 0.458 e. The van der Waals surface area contributed by atoms with Gasteiger partial charge in [-0.3, -0.25) is 0 Å². The Labute approximate surface area is 236 Å². The minimum absolute atomic E-state index is 0.0407. The zero-order valence-corrected chi connectivity index (χ0v) is 21.4. The van der Waals surface area contributed by atoms with Crippen molar-refractivity contribution in [3.05, 3.63) is 83.9 Å². The highest BCUT2D eigenvalue weighted by Crippen LogP contribution is 2.50. The molecule has 4 aromatic carbocycles. The minimum Gasteiger partial charge on any atom is -0.456 e. The van der Waals surface area contributed by atoms with Crippen molar-refractivity contribution in [1.29, 1.82) is 0 Å². The van der Waals surface area contributed by atoms with Gasteiger partial charge in [0.2, 0.25) is 0 Å². The fourth-order valence-corrected chi connectivity index (χ4v) is 4.33. The van der Waals surface area contributed by atoms with Crippen molar-refractivity contribution in [3.63, 3.8) is 0 Å². The van der Waals surface area contributed by atoms with Gasteiger partial charge in [-0.25, -0.2) is 0 Å². The maximum atomic E-state index is 14.0. The quantitative estimate of drug-likeness (QED) is 0.128. The van der Waals surface area contributed by atoms with Crippen molar-refractivity contribution >= 4 is 22.7 Å². The van der Waals surface area contributed by atoms with Gasteiger partial charge >= 0.3 is 24.2 Å². The standard InChI is InChI=1S/C28H20F10N4O/c29-25(30,27(33,34)35)13-9-17(39)23(18(40)10-13)15-5-1-3-7-21(15)43-22-8-4-2-6-16(22)24-19(41)11-14(12-20(24)42)26(31,32)28(36,37)38/h1-12H,39-42H2. The van der Waals surface area contributed by atoms with Gasteiger partial charge < -0.3 is 27.7 Å². The lowest BCUT2D eigenvalue weighted by Gasteiger charge is -2.23. The highest BCUT2D eigenvalue weighted by molar-refractivity contribution is 5.92. The van der Waals surface area contributed by atoms with E-state index in [2.05, 4.69) is 0 Å². The molecule has 0 heterocycles. The molecule has 8 N–H and O–H groups in total. The molecule has 0 fully saturated rings. The number of benzene rings is 4. The van der Waals surface area contributed by atoms with E-state index >= 15 is 0 Å². The maximum absolute atomic E-state index is 14.0. The van der Waals surface area contributed by atoms with Gasteiger partial charge in [-0.2, -0.15) is 43.9 Å². The third-order valence-corrected chi connectivity index (χ3v) is 6.37. The Bertz CT molecular complexity index is 1510. The summed E-state index contributed by atoms with van der Waals surface area (Å²) in [6.45, 7) is 0. The number of para-hydroxylation sites is 2. The van der Waals surface area contributed by atoms with Gasteiger partial charge in [0.05, 0.1) is 0 Å². The molecule has 0 aliphatic heterocycles. The van der Waals surface area contributed by atoms with Crippen LogP contribution >= 0.6 is 0 Å². The van der Waals surface area contributed by atoms with E-state index in [9.17, 15) is 43.9 Å². The molecule has 0 unspecified atom stereocenters. The van der Waals surface area contributed by atoms with Crippen LogP contribution in [0.4, 0.5) is 66.7 Å². The Morgan fingerprint density at radius 2 is 0.721 bits per heavy atom. The molecule has 0 bridgehead atoms. The Morgan fingerprint density at radius 3 is 1.00 bits per heavy atom. The smallest absolute Gasteiger partial charge is 0.456 e. The molecule has 0 saturated carbocycles. The fourth-order valence-electron chi connectivity index (χ4n) is 4.33. The van der Waals surface area contributed by atoms with E-state index in [4.69, 9.17) is 27.7 Å². The number of hydrogen-bond acceptors (Lipinski definition) is 5. The Balaban J connectivity index is 1.80. The van der Waals surface area contributed by atoms with Gasteiger partial charge in [-0.1, -0.05) is 36.4 Å². The Kier molecular flexibility index (Phi) is 7.58.